The van der Waals surface area contributed by atoms with Gasteiger partial charge in [-0.15, -0.1) is 11.8 Å². The van der Waals surface area contributed by atoms with Gasteiger partial charge in [0.2, 0.25) is 5.88 Å². The molecule has 0 saturated carbocycles. The number of aromatic nitrogens is 4. The van der Waals surface area contributed by atoms with E-state index in [1.54, 1.807) is 42.0 Å². The average molecular weight is 410 g/mol. The molecule has 1 saturated heterocycles. The smallest absolute Gasteiger partial charge is 0.274 e. The Labute approximate surface area is 174 Å². The lowest BCUT2D eigenvalue weighted by Crippen LogP contribution is -2.35. The quantitative estimate of drug-likeness (QED) is 0.599. The second-order valence-electron chi connectivity index (χ2n) is 6.82. The molecule has 0 spiro atoms. The van der Waals surface area contributed by atoms with Gasteiger partial charge in [-0.3, -0.25) is 9.78 Å². The third kappa shape index (κ3) is 4.12. The number of hydrogen-bond donors (Lipinski definition) is 0. The van der Waals surface area contributed by atoms with Crippen LogP contribution in [0, 0.1) is 0 Å². The first-order valence-corrected chi connectivity index (χ1v) is 10.8. The predicted octanol–water partition coefficient (Wildman–Crippen LogP) is 3.69. The molecule has 3 aromatic rings. The molecule has 0 N–H and O–H groups in total. The maximum absolute atomic E-state index is 13.0. The Balaban J connectivity index is 1.78. The molecule has 3 aromatic heterocycles. The highest BCUT2D eigenvalue weighted by atomic mass is 32.2. The molecule has 29 heavy (non-hydrogen) atoms. The zero-order valence-electron chi connectivity index (χ0n) is 16.5. The first-order chi connectivity index (χ1) is 14.2. The Kier molecular flexibility index (Phi) is 5.80. The van der Waals surface area contributed by atoms with Crippen molar-refractivity contribution in [3.63, 3.8) is 0 Å². The predicted molar refractivity (Wildman–Crippen MR) is 113 cm³/mol. The van der Waals surface area contributed by atoms with E-state index in [1.807, 2.05) is 35.4 Å². The summed E-state index contributed by atoms with van der Waals surface area (Å²) >= 11 is 1.65. The van der Waals surface area contributed by atoms with Crippen molar-refractivity contribution in [3.05, 3.63) is 48.4 Å². The maximum Gasteiger partial charge on any atom is 0.274 e. The van der Waals surface area contributed by atoms with Crippen LogP contribution in [-0.4, -0.2) is 57.0 Å². The number of ether oxygens (including phenoxy) is 1. The van der Waals surface area contributed by atoms with Crippen LogP contribution < -0.4 is 4.74 Å². The van der Waals surface area contributed by atoms with Gasteiger partial charge in [0.1, 0.15) is 0 Å². The number of likely N-dealkylation sites (tertiary alicyclic amines) is 1. The number of nitrogens with zero attached hydrogens (tertiary/aromatic N) is 5. The second-order valence-corrected chi connectivity index (χ2v) is 7.70. The fourth-order valence-electron chi connectivity index (χ4n) is 3.42. The van der Waals surface area contributed by atoms with E-state index in [2.05, 4.69) is 15.1 Å². The highest BCUT2D eigenvalue weighted by molar-refractivity contribution is 7.98. The Morgan fingerprint density at radius 3 is 2.62 bits per heavy atom. The zero-order chi connectivity index (χ0) is 20.2. The van der Waals surface area contributed by atoms with Gasteiger partial charge in [0, 0.05) is 30.2 Å². The number of carbonyl (C=O) groups excluding carboxylic acids is 1. The lowest BCUT2D eigenvalue weighted by atomic mass is 10.1. The monoisotopic (exact) mass is 409 g/mol. The summed E-state index contributed by atoms with van der Waals surface area (Å²) in [5.41, 5.74) is 2.69. The summed E-state index contributed by atoms with van der Waals surface area (Å²) in [6.07, 6.45) is 8.74. The van der Waals surface area contributed by atoms with Crippen LogP contribution in [0.1, 0.15) is 29.8 Å². The lowest BCUT2D eigenvalue weighted by Gasteiger charge is -2.25. The molecule has 150 valence electrons. The minimum absolute atomic E-state index is 0.0350. The number of hydrogen-bond acceptors (Lipinski definition) is 6. The molecular formula is C21H23N5O2S. The Morgan fingerprint density at radius 1 is 1.10 bits per heavy atom. The highest BCUT2D eigenvalue weighted by Crippen LogP contribution is 2.27. The van der Waals surface area contributed by atoms with E-state index in [1.165, 1.54) is 6.42 Å². The molecule has 0 bridgehead atoms. The van der Waals surface area contributed by atoms with E-state index in [0.29, 0.717) is 11.6 Å². The van der Waals surface area contributed by atoms with Crippen LogP contribution in [0.3, 0.4) is 0 Å². The summed E-state index contributed by atoms with van der Waals surface area (Å²) in [4.78, 5) is 24.8. The zero-order valence-corrected chi connectivity index (χ0v) is 17.4. The number of methoxy groups -OCH3 is 1. The standard InChI is InChI=1S/C21H23N5O2S/c1-28-20-7-6-15(14-23-20)26-19(17-12-16(29-2)8-9-22-17)13-18(24-26)21(27)25-10-4-3-5-11-25/h6-9,12-14H,3-5,10-11H2,1-2H3. The molecule has 4 heterocycles. The Morgan fingerprint density at radius 2 is 1.93 bits per heavy atom. The van der Waals surface area contributed by atoms with Gasteiger partial charge < -0.3 is 9.64 Å². The normalized spacial score (nSPS) is 14.1. The topological polar surface area (TPSA) is 73.1 Å². The number of carbonyl (C=O) groups is 1. The van der Waals surface area contributed by atoms with Crippen molar-refractivity contribution >= 4 is 17.7 Å². The lowest BCUT2D eigenvalue weighted by molar-refractivity contribution is 0.0718. The van der Waals surface area contributed by atoms with Crippen molar-refractivity contribution in [2.75, 3.05) is 26.5 Å². The van der Waals surface area contributed by atoms with Gasteiger partial charge in [0.05, 0.1) is 30.4 Å². The van der Waals surface area contributed by atoms with Crippen LogP contribution in [0.25, 0.3) is 17.1 Å². The highest BCUT2D eigenvalue weighted by Gasteiger charge is 2.23. The Hall–Kier alpha value is -2.87. The van der Waals surface area contributed by atoms with Gasteiger partial charge in [-0.05, 0) is 49.8 Å². The van der Waals surface area contributed by atoms with E-state index < -0.39 is 0 Å². The first kappa shape index (κ1) is 19.4. The van der Waals surface area contributed by atoms with Gasteiger partial charge in [0.15, 0.2) is 5.69 Å². The second kappa shape index (κ2) is 8.65. The fourth-order valence-corrected chi connectivity index (χ4v) is 3.85. The number of rotatable bonds is 5. The van der Waals surface area contributed by atoms with Gasteiger partial charge in [0.25, 0.3) is 5.91 Å². The van der Waals surface area contributed by atoms with Crippen molar-refractivity contribution < 1.29 is 9.53 Å². The molecule has 1 aliphatic heterocycles. The van der Waals surface area contributed by atoms with Gasteiger partial charge >= 0.3 is 0 Å². The summed E-state index contributed by atoms with van der Waals surface area (Å²) in [6.45, 7) is 1.57. The SMILES string of the molecule is COc1ccc(-n2nc(C(=O)N3CCCCC3)cc2-c2cc(SC)ccn2)cn1. The fraction of sp³-hybridized carbons (Fsp3) is 0.333. The van der Waals surface area contributed by atoms with E-state index in [9.17, 15) is 4.79 Å². The Bertz CT molecular complexity index is 997. The van der Waals surface area contributed by atoms with Crippen LogP contribution in [0.5, 0.6) is 5.88 Å². The maximum atomic E-state index is 13.0. The molecule has 8 heteroatoms. The van der Waals surface area contributed by atoms with Gasteiger partial charge in [-0.25, -0.2) is 9.67 Å². The summed E-state index contributed by atoms with van der Waals surface area (Å²) in [6, 6.07) is 9.44. The van der Waals surface area contributed by atoms with Crippen molar-refractivity contribution in [3.8, 4) is 23.0 Å². The van der Waals surface area contributed by atoms with Gasteiger partial charge in [-0.1, -0.05) is 0 Å². The van der Waals surface area contributed by atoms with Crippen LogP contribution in [0.4, 0.5) is 0 Å². The molecule has 0 aromatic carbocycles. The van der Waals surface area contributed by atoms with Crippen LogP contribution in [0.2, 0.25) is 0 Å². The minimum atomic E-state index is -0.0350. The van der Waals surface area contributed by atoms with Crippen molar-refractivity contribution in [1.29, 1.82) is 0 Å². The van der Waals surface area contributed by atoms with Crippen LogP contribution in [-0.2, 0) is 0 Å². The van der Waals surface area contributed by atoms with Crippen LogP contribution >= 0.6 is 11.8 Å². The molecule has 1 fully saturated rings. The summed E-state index contributed by atoms with van der Waals surface area (Å²) in [5, 5.41) is 4.64. The van der Waals surface area contributed by atoms with E-state index >= 15 is 0 Å². The number of amides is 1. The number of piperidine rings is 1. The summed E-state index contributed by atoms with van der Waals surface area (Å²) in [5.74, 6) is 0.488. The molecule has 7 nitrogen and oxygen atoms in total. The third-order valence-electron chi connectivity index (χ3n) is 4.98. The molecule has 0 atom stereocenters. The number of pyridine rings is 2. The van der Waals surface area contributed by atoms with Crippen molar-refractivity contribution in [2.24, 2.45) is 0 Å². The molecule has 1 amide bonds. The summed E-state index contributed by atoms with van der Waals surface area (Å²) in [7, 11) is 1.58. The largest absolute Gasteiger partial charge is 0.481 e. The average Bonchev–Trinajstić information content (AvgIpc) is 3.25. The van der Waals surface area contributed by atoms with E-state index in [-0.39, 0.29) is 5.91 Å². The molecule has 0 aliphatic carbocycles. The van der Waals surface area contributed by atoms with Crippen LogP contribution in [0.15, 0.2) is 47.6 Å². The van der Waals surface area contributed by atoms with E-state index in [4.69, 9.17) is 4.74 Å². The van der Waals surface area contributed by atoms with Crippen molar-refractivity contribution in [1.82, 2.24) is 24.6 Å². The molecule has 0 unspecified atom stereocenters. The van der Waals surface area contributed by atoms with Crippen molar-refractivity contribution in [2.45, 2.75) is 24.2 Å². The van der Waals surface area contributed by atoms with Gasteiger partial charge in [-0.2, -0.15) is 5.10 Å². The molecular weight excluding hydrogens is 386 g/mol. The number of thioether (sulfide) groups is 1. The first-order valence-electron chi connectivity index (χ1n) is 9.60. The minimum Gasteiger partial charge on any atom is -0.481 e. The molecule has 0 radical (unpaired) electrons. The molecule has 4 rings (SSSR count). The molecule has 1 aliphatic rings. The van der Waals surface area contributed by atoms with E-state index in [0.717, 1.165) is 47.9 Å². The summed E-state index contributed by atoms with van der Waals surface area (Å²) < 4.78 is 6.89. The third-order valence-corrected chi connectivity index (χ3v) is 5.70.